The van der Waals surface area contributed by atoms with E-state index >= 15 is 0 Å². The third-order valence-corrected chi connectivity index (χ3v) is 4.36. The molecule has 0 aliphatic heterocycles. The Labute approximate surface area is 106 Å². The molecule has 0 fully saturated rings. The average molecular weight is 265 g/mol. The first-order chi connectivity index (χ1) is 8.29. The van der Waals surface area contributed by atoms with Crippen LogP contribution in [0, 0.1) is 6.92 Å². The predicted octanol–water partition coefficient (Wildman–Crippen LogP) is 3.19. The molecule has 2 aromatic heterocycles. The Kier molecular flexibility index (Phi) is 2.74. The molecule has 0 aliphatic carbocycles. The summed E-state index contributed by atoms with van der Waals surface area (Å²) in [7, 11) is 0. The lowest BCUT2D eigenvalue weighted by molar-refractivity contribution is 0.203. The Morgan fingerprint density at radius 1 is 1.47 bits per heavy atom. The number of thiophene rings is 1. The van der Waals surface area contributed by atoms with E-state index in [1.54, 1.807) is 22.7 Å². The molecule has 0 saturated carbocycles. The van der Waals surface area contributed by atoms with E-state index in [-0.39, 0.29) is 6.61 Å². The zero-order valence-electron chi connectivity index (χ0n) is 9.27. The highest BCUT2D eigenvalue weighted by atomic mass is 32.1. The summed E-state index contributed by atoms with van der Waals surface area (Å²) in [5.41, 5.74) is 1.06. The van der Waals surface area contributed by atoms with E-state index < -0.39 is 0 Å². The number of nitrogens with zero attached hydrogens (tertiary/aromatic N) is 1. The summed E-state index contributed by atoms with van der Waals surface area (Å²) in [5, 5.41) is 13.0. The first-order valence-electron chi connectivity index (χ1n) is 5.30. The molecule has 3 nitrogen and oxygen atoms in total. The molecule has 0 radical (unpaired) electrons. The van der Waals surface area contributed by atoms with Crippen LogP contribution in [-0.2, 0) is 0 Å². The lowest BCUT2D eigenvalue weighted by atomic mass is 10.2. The van der Waals surface area contributed by atoms with Gasteiger partial charge in [0.05, 0.1) is 26.5 Å². The normalized spacial score (nSPS) is 11.4. The van der Waals surface area contributed by atoms with Gasteiger partial charge < -0.3 is 9.84 Å². The monoisotopic (exact) mass is 265 g/mol. The number of hydrogen-bond donors (Lipinski definition) is 1. The molecule has 3 rings (SSSR count). The second kappa shape index (κ2) is 4.25. The maximum absolute atomic E-state index is 8.84. The number of aliphatic hydroxyl groups excluding tert-OH is 1. The molecular weight excluding hydrogens is 254 g/mol. The van der Waals surface area contributed by atoms with Crippen molar-refractivity contribution in [1.82, 2.24) is 4.98 Å². The van der Waals surface area contributed by atoms with Crippen LogP contribution in [0.5, 0.6) is 5.75 Å². The van der Waals surface area contributed by atoms with Crippen molar-refractivity contribution in [3.8, 4) is 5.75 Å². The fraction of sp³-hybridized carbons (Fsp3) is 0.250. The van der Waals surface area contributed by atoms with Crippen LogP contribution in [0.15, 0.2) is 17.5 Å². The number of rotatable bonds is 3. The molecule has 0 saturated heterocycles. The Morgan fingerprint density at radius 3 is 3.18 bits per heavy atom. The maximum atomic E-state index is 8.84. The van der Waals surface area contributed by atoms with Gasteiger partial charge in [0, 0.05) is 11.5 Å². The van der Waals surface area contributed by atoms with Crippen LogP contribution in [0.3, 0.4) is 0 Å². The van der Waals surface area contributed by atoms with Crippen molar-refractivity contribution in [2.45, 2.75) is 6.92 Å². The van der Waals surface area contributed by atoms with Gasteiger partial charge in [-0.1, -0.05) is 0 Å². The van der Waals surface area contributed by atoms with Gasteiger partial charge in [-0.2, -0.15) is 0 Å². The summed E-state index contributed by atoms with van der Waals surface area (Å²) in [6.45, 7) is 2.37. The van der Waals surface area contributed by atoms with Gasteiger partial charge in [-0.25, -0.2) is 4.98 Å². The van der Waals surface area contributed by atoms with Gasteiger partial charge in [0.1, 0.15) is 12.4 Å². The second-order valence-corrected chi connectivity index (χ2v) is 5.84. The number of aromatic nitrogens is 1. The number of ether oxygens (including phenoxy) is 1. The molecule has 0 spiro atoms. The van der Waals surface area contributed by atoms with Gasteiger partial charge in [0.15, 0.2) is 0 Å². The Morgan fingerprint density at radius 2 is 2.35 bits per heavy atom. The van der Waals surface area contributed by atoms with E-state index in [9.17, 15) is 0 Å². The fourth-order valence-electron chi connectivity index (χ4n) is 1.86. The summed E-state index contributed by atoms with van der Waals surface area (Å²) < 4.78 is 7.89. The zero-order valence-corrected chi connectivity index (χ0v) is 10.9. The minimum Gasteiger partial charge on any atom is -0.490 e. The number of thiazole rings is 1. The fourth-order valence-corrected chi connectivity index (χ4v) is 3.70. The molecule has 0 amide bonds. The smallest absolute Gasteiger partial charge is 0.129 e. The first-order valence-corrected chi connectivity index (χ1v) is 7.00. The van der Waals surface area contributed by atoms with Crippen LogP contribution in [0.2, 0.25) is 0 Å². The van der Waals surface area contributed by atoms with Gasteiger partial charge in [-0.3, -0.25) is 0 Å². The van der Waals surface area contributed by atoms with E-state index in [1.807, 2.05) is 24.4 Å². The summed E-state index contributed by atoms with van der Waals surface area (Å²) in [5.74, 6) is 0.839. The molecule has 0 atom stereocenters. The van der Waals surface area contributed by atoms with Crippen LogP contribution >= 0.6 is 22.7 Å². The Balaban J connectivity index is 2.27. The van der Waals surface area contributed by atoms with Gasteiger partial charge in [-0.15, -0.1) is 22.7 Å². The molecule has 5 heteroatoms. The van der Waals surface area contributed by atoms with E-state index in [4.69, 9.17) is 9.84 Å². The summed E-state index contributed by atoms with van der Waals surface area (Å²) >= 11 is 3.35. The standard InChI is InChI=1S/C12H11NO2S2/c1-7-13-11-10(17-7)6-9(15-4-3-14)8-2-5-16-12(8)11/h2,5-6,14H,3-4H2,1H3. The Hall–Kier alpha value is -1.17. The highest BCUT2D eigenvalue weighted by Gasteiger charge is 2.12. The second-order valence-electron chi connectivity index (χ2n) is 3.69. The molecular formula is C12H11NO2S2. The third-order valence-electron chi connectivity index (χ3n) is 2.52. The van der Waals surface area contributed by atoms with Gasteiger partial charge in [0.2, 0.25) is 0 Å². The molecule has 17 heavy (non-hydrogen) atoms. The van der Waals surface area contributed by atoms with Gasteiger partial charge in [0.25, 0.3) is 0 Å². The molecule has 0 aliphatic rings. The van der Waals surface area contributed by atoms with Gasteiger partial charge in [-0.05, 0) is 18.4 Å². The van der Waals surface area contributed by atoms with Crippen molar-refractivity contribution < 1.29 is 9.84 Å². The molecule has 0 unspecified atom stereocenters. The number of fused-ring (bicyclic) bond motifs is 3. The van der Waals surface area contributed by atoms with Crippen LogP contribution in [0.4, 0.5) is 0 Å². The summed E-state index contributed by atoms with van der Waals surface area (Å²) in [4.78, 5) is 4.56. The number of aryl methyl sites for hydroxylation is 1. The number of aliphatic hydroxyl groups is 1. The van der Waals surface area contributed by atoms with Crippen molar-refractivity contribution in [2.75, 3.05) is 13.2 Å². The van der Waals surface area contributed by atoms with Gasteiger partial charge >= 0.3 is 0 Å². The predicted molar refractivity (Wildman–Crippen MR) is 72.3 cm³/mol. The molecule has 1 aromatic carbocycles. The highest BCUT2D eigenvalue weighted by Crippen LogP contribution is 2.38. The van der Waals surface area contributed by atoms with Crippen molar-refractivity contribution in [3.63, 3.8) is 0 Å². The molecule has 2 heterocycles. The van der Waals surface area contributed by atoms with E-state index in [0.29, 0.717) is 6.61 Å². The molecule has 3 aromatic rings. The zero-order chi connectivity index (χ0) is 11.8. The quantitative estimate of drug-likeness (QED) is 0.791. The van der Waals surface area contributed by atoms with E-state index in [1.165, 1.54) is 4.70 Å². The minimum atomic E-state index is 0.0331. The van der Waals surface area contributed by atoms with Crippen LogP contribution in [-0.4, -0.2) is 23.3 Å². The van der Waals surface area contributed by atoms with Crippen LogP contribution in [0.25, 0.3) is 20.3 Å². The van der Waals surface area contributed by atoms with Crippen molar-refractivity contribution in [2.24, 2.45) is 0 Å². The van der Waals surface area contributed by atoms with E-state index in [2.05, 4.69) is 4.98 Å². The molecule has 0 bridgehead atoms. The highest BCUT2D eigenvalue weighted by molar-refractivity contribution is 7.21. The topological polar surface area (TPSA) is 42.4 Å². The number of hydrogen-bond acceptors (Lipinski definition) is 5. The SMILES string of the molecule is Cc1nc2c(cc(OCCO)c3ccsc32)s1. The molecule has 1 N–H and O–H groups in total. The lowest BCUT2D eigenvalue weighted by Gasteiger charge is -2.05. The third kappa shape index (κ3) is 1.80. The number of benzene rings is 1. The Bertz CT molecular complexity index is 672. The average Bonchev–Trinajstić information content (AvgIpc) is 2.90. The first kappa shape index (κ1) is 11.0. The van der Waals surface area contributed by atoms with E-state index in [0.717, 1.165) is 26.4 Å². The minimum absolute atomic E-state index is 0.0331. The maximum Gasteiger partial charge on any atom is 0.129 e. The van der Waals surface area contributed by atoms with Crippen molar-refractivity contribution >= 4 is 43.0 Å². The summed E-state index contributed by atoms with van der Waals surface area (Å²) in [6.07, 6.45) is 0. The molecule has 88 valence electrons. The summed E-state index contributed by atoms with van der Waals surface area (Å²) in [6, 6.07) is 4.06. The van der Waals surface area contributed by atoms with Crippen molar-refractivity contribution in [1.29, 1.82) is 0 Å². The lowest BCUT2D eigenvalue weighted by Crippen LogP contribution is -2.01. The largest absolute Gasteiger partial charge is 0.490 e. The van der Waals surface area contributed by atoms with Crippen LogP contribution in [0.1, 0.15) is 5.01 Å². The van der Waals surface area contributed by atoms with Crippen molar-refractivity contribution in [3.05, 3.63) is 22.5 Å². The van der Waals surface area contributed by atoms with Crippen LogP contribution < -0.4 is 4.74 Å².